The van der Waals surface area contributed by atoms with Crippen molar-refractivity contribution in [1.29, 1.82) is 0 Å². The minimum atomic E-state index is 0.684. The number of nitrogens with one attached hydrogen (secondary N) is 1. The molecule has 1 aromatic heterocycles. The van der Waals surface area contributed by atoms with Crippen molar-refractivity contribution in [1.82, 2.24) is 9.88 Å². The Kier molecular flexibility index (Phi) is 2.40. The van der Waals surface area contributed by atoms with Crippen molar-refractivity contribution < 1.29 is 0 Å². The zero-order valence-electron chi connectivity index (χ0n) is 8.51. The van der Waals surface area contributed by atoms with Gasteiger partial charge in [0.1, 0.15) is 0 Å². The van der Waals surface area contributed by atoms with E-state index in [1.165, 1.54) is 37.2 Å². The van der Waals surface area contributed by atoms with Crippen molar-refractivity contribution in [3.63, 3.8) is 0 Å². The van der Waals surface area contributed by atoms with E-state index in [4.69, 9.17) is 0 Å². The van der Waals surface area contributed by atoms with Gasteiger partial charge in [0.05, 0.1) is 0 Å². The molecule has 0 radical (unpaired) electrons. The van der Waals surface area contributed by atoms with Crippen LogP contribution >= 0.6 is 0 Å². The summed E-state index contributed by atoms with van der Waals surface area (Å²) in [4.78, 5) is 5.88. The maximum absolute atomic E-state index is 3.33. The largest absolute Gasteiger partial charge is 0.365 e. The summed E-state index contributed by atoms with van der Waals surface area (Å²) in [6.45, 7) is 6.97. The Morgan fingerprint density at radius 2 is 2.08 bits per heavy atom. The van der Waals surface area contributed by atoms with E-state index in [1.54, 1.807) is 0 Å². The van der Waals surface area contributed by atoms with Crippen LogP contribution in [0, 0.1) is 0 Å². The van der Waals surface area contributed by atoms with Gasteiger partial charge >= 0.3 is 0 Å². The van der Waals surface area contributed by atoms with Crippen molar-refractivity contribution in [3.05, 3.63) is 23.5 Å². The number of nitrogens with zero attached hydrogens (tertiary/aromatic N) is 1. The summed E-state index contributed by atoms with van der Waals surface area (Å²) in [5.41, 5.74) is 2.96. The predicted octanol–water partition coefficient (Wildman–Crippen LogP) is 1.82. The van der Waals surface area contributed by atoms with E-state index in [9.17, 15) is 0 Å². The normalized spacial score (nSPS) is 18.7. The molecule has 0 aromatic carbocycles. The van der Waals surface area contributed by atoms with Gasteiger partial charge in [0, 0.05) is 37.4 Å². The molecule has 13 heavy (non-hydrogen) atoms. The van der Waals surface area contributed by atoms with Crippen molar-refractivity contribution in [2.24, 2.45) is 0 Å². The fourth-order valence-electron chi connectivity index (χ4n) is 2.05. The van der Waals surface area contributed by atoms with Gasteiger partial charge in [-0.05, 0) is 31.9 Å². The number of H-pyrrole nitrogens is 1. The van der Waals surface area contributed by atoms with Gasteiger partial charge in [0.15, 0.2) is 0 Å². The van der Waals surface area contributed by atoms with E-state index in [1.807, 2.05) is 0 Å². The molecule has 2 nitrogen and oxygen atoms in total. The minimum absolute atomic E-state index is 0.684. The molecule has 0 saturated heterocycles. The molecule has 1 aliphatic rings. The average molecular weight is 178 g/mol. The van der Waals surface area contributed by atoms with Gasteiger partial charge < -0.3 is 9.88 Å². The van der Waals surface area contributed by atoms with Crippen LogP contribution in [-0.2, 0) is 12.8 Å². The van der Waals surface area contributed by atoms with Crippen LogP contribution in [0.15, 0.2) is 12.3 Å². The van der Waals surface area contributed by atoms with Crippen molar-refractivity contribution in [2.75, 3.05) is 13.1 Å². The number of aromatic nitrogens is 1. The Labute approximate surface area is 79.9 Å². The van der Waals surface area contributed by atoms with Crippen molar-refractivity contribution >= 4 is 0 Å². The highest BCUT2D eigenvalue weighted by molar-refractivity contribution is 5.22. The molecule has 0 spiro atoms. The summed E-state index contributed by atoms with van der Waals surface area (Å²) in [6, 6.07) is 2.91. The lowest BCUT2D eigenvalue weighted by atomic mass is 10.1. The lowest BCUT2D eigenvalue weighted by molar-refractivity contribution is 0.232. The van der Waals surface area contributed by atoms with Gasteiger partial charge in [-0.15, -0.1) is 0 Å². The molecule has 72 valence electrons. The lowest BCUT2D eigenvalue weighted by Crippen LogP contribution is -2.33. The van der Waals surface area contributed by atoms with Crippen molar-refractivity contribution in [3.8, 4) is 0 Å². The molecule has 2 heterocycles. The van der Waals surface area contributed by atoms with E-state index in [-0.39, 0.29) is 0 Å². The van der Waals surface area contributed by atoms with Crippen LogP contribution in [0.1, 0.15) is 25.1 Å². The topological polar surface area (TPSA) is 19.0 Å². The van der Waals surface area contributed by atoms with Gasteiger partial charge in [-0.3, -0.25) is 0 Å². The molecule has 0 unspecified atom stereocenters. The molecular weight excluding hydrogens is 160 g/mol. The minimum Gasteiger partial charge on any atom is -0.365 e. The van der Waals surface area contributed by atoms with Gasteiger partial charge in [0.25, 0.3) is 0 Å². The second kappa shape index (κ2) is 3.54. The Morgan fingerprint density at radius 1 is 1.31 bits per heavy atom. The molecule has 2 heteroatoms. The third kappa shape index (κ3) is 1.78. The molecule has 1 aliphatic heterocycles. The average Bonchev–Trinajstić information content (AvgIpc) is 2.44. The molecule has 1 aromatic rings. The molecule has 0 atom stereocenters. The first kappa shape index (κ1) is 8.82. The highest BCUT2D eigenvalue weighted by Crippen LogP contribution is 2.15. The number of aromatic amines is 1. The Balaban J connectivity index is 2.08. The first-order chi connectivity index (χ1) is 6.27. The van der Waals surface area contributed by atoms with Gasteiger partial charge in [-0.2, -0.15) is 0 Å². The molecular formula is C11H18N2. The predicted molar refractivity (Wildman–Crippen MR) is 54.9 cm³/mol. The summed E-state index contributed by atoms with van der Waals surface area (Å²) >= 11 is 0. The highest BCUT2D eigenvalue weighted by atomic mass is 15.1. The lowest BCUT2D eigenvalue weighted by Gasteiger charge is -2.23. The maximum Gasteiger partial charge on any atom is 0.0193 e. The smallest absolute Gasteiger partial charge is 0.0193 e. The first-order valence-corrected chi connectivity index (χ1v) is 5.16. The third-order valence-electron chi connectivity index (χ3n) is 2.98. The number of hydrogen-bond acceptors (Lipinski definition) is 1. The molecule has 0 aliphatic carbocycles. The summed E-state index contributed by atoms with van der Waals surface area (Å²) < 4.78 is 0. The Bertz CT molecular complexity index is 253. The van der Waals surface area contributed by atoms with Crippen LogP contribution in [0.5, 0.6) is 0 Å². The molecule has 0 bridgehead atoms. The van der Waals surface area contributed by atoms with E-state index in [2.05, 4.69) is 36.0 Å². The van der Waals surface area contributed by atoms with Crippen LogP contribution in [-0.4, -0.2) is 29.0 Å². The Hall–Kier alpha value is -0.760. The monoisotopic (exact) mass is 178 g/mol. The van der Waals surface area contributed by atoms with Gasteiger partial charge in [0.2, 0.25) is 0 Å². The van der Waals surface area contributed by atoms with Gasteiger partial charge in [-0.25, -0.2) is 0 Å². The van der Waals surface area contributed by atoms with Crippen LogP contribution < -0.4 is 0 Å². The quantitative estimate of drug-likeness (QED) is 0.695. The zero-order valence-corrected chi connectivity index (χ0v) is 8.51. The van der Waals surface area contributed by atoms with Crippen molar-refractivity contribution in [2.45, 2.75) is 32.7 Å². The fourth-order valence-corrected chi connectivity index (χ4v) is 2.05. The number of rotatable bonds is 1. The molecule has 0 saturated carbocycles. The molecule has 0 fully saturated rings. The van der Waals surface area contributed by atoms with Crippen LogP contribution in [0.4, 0.5) is 0 Å². The Morgan fingerprint density at radius 3 is 2.85 bits per heavy atom. The second-order valence-corrected chi connectivity index (χ2v) is 4.11. The van der Waals surface area contributed by atoms with E-state index >= 15 is 0 Å². The summed E-state index contributed by atoms with van der Waals surface area (Å²) in [5, 5.41) is 0. The first-order valence-electron chi connectivity index (χ1n) is 5.16. The number of hydrogen-bond donors (Lipinski definition) is 1. The van der Waals surface area contributed by atoms with E-state index in [0.717, 1.165) is 0 Å². The van der Waals surface area contributed by atoms with Crippen LogP contribution in [0.2, 0.25) is 0 Å². The maximum atomic E-state index is 3.33. The SMILES string of the molecule is CC(C)N1CCc2cc[nH]c2CC1. The third-order valence-corrected chi connectivity index (χ3v) is 2.98. The second-order valence-electron chi connectivity index (χ2n) is 4.11. The summed E-state index contributed by atoms with van der Waals surface area (Å²) in [5.74, 6) is 0. The molecule has 2 rings (SSSR count). The molecule has 0 amide bonds. The molecule has 1 N–H and O–H groups in total. The summed E-state index contributed by atoms with van der Waals surface area (Å²) in [7, 11) is 0. The van der Waals surface area contributed by atoms with E-state index in [0.29, 0.717) is 6.04 Å². The van der Waals surface area contributed by atoms with Crippen LogP contribution in [0.3, 0.4) is 0 Å². The number of fused-ring (bicyclic) bond motifs is 1. The fraction of sp³-hybridized carbons (Fsp3) is 0.636. The standard InChI is InChI=1S/C11H18N2/c1-9(2)13-7-4-10-3-6-12-11(10)5-8-13/h3,6,9,12H,4-5,7-8H2,1-2H3. The van der Waals surface area contributed by atoms with E-state index < -0.39 is 0 Å². The zero-order chi connectivity index (χ0) is 9.26. The summed E-state index contributed by atoms with van der Waals surface area (Å²) in [6.07, 6.45) is 4.45. The highest BCUT2D eigenvalue weighted by Gasteiger charge is 2.15. The van der Waals surface area contributed by atoms with Gasteiger partial charge in [-0.1, -0.05) is 0 Å². The van der Waals surface area contributed by atoms with Crippen LogP contribution in [0.25, 0.3) is 0 Å².